The van der Waals surface area contributed by atoms with Gasteiger partial charge in [0.05, 0.1) is 0 Å². The van der Waals surface area contributed by atoms with E-state index in [0.29, 0.717) is 0 Å². The topological polar surface area (TPSA) is 54.0 Å². The van der Waals surface area contributed by atoms with Crippen LogP contribution in [0.1, 0.15) is 5.56 Å². The lowest BCUT2D eigenvalue weighted by Gasteiger charge is -1.95. The van der Waals surface area contributed by atoms with Crippen LogP contribution in [0.2, 0.25) is 0 Å². The van der Waals surface area contributed by atoms with Gasteiger partial charge >= 0.3 is 0 Å². The third-order valence-electron chi connectivity index (χ3n) is 1.36. The first-order valence-electron chi connectivity index (χ1n) is 3.88. The average Bonchev–Trinajstić information content (AvgIpc) is 2.17. The Morgan fingerprint density at radius 2 is 2.46 bits per heavy atom. The largest absolute Gasteiger partial charge is 0.288 e. The Hall–Kier alpha value is -1.68. The highest BCUT2D eigenvalue weighted by Gasteiger charge is 1.90. The lowest BCUT2D eigenvalue weighted by molar-refractivity contribution is -0.117. The predicted octanol–water partition coefficient (Wildman–Crippen LogP) is 0.345. The number of aromatic nitrogens is 1. The first-order valence-corrected chi connectivity index (χ1v) is 3.88. The molecular weight excluding hydrogens is 166 g/mol. The van der Waals surface area contributed by atoms with E-state index in [1.807, 2.05) is 12.1 Å². The number of carbonyl (C=O) groups excluding carboxylic acids is 1. The van der Waals surface area contributed by atoms with E-state index >= 15 is 0 Å². The summed E-state index contributed by atoms with van der Waals surface area (Å²) >= 11 is 0. The Bertz CT molecular complexity index is 295. The van der Waals surface area contributed by atoms with Gasteiger partial charge in [-0.25, -0.2) is 5.43 Å². The maximum Gasteiger partial charge on any atom is 0.258 e. The highest BCUT2D eigenvalue weighted by atomic mass is 16.2. The van der Waals surface area contributed by atoms with Gasteiger partial charge in [0.1, 0.15) is 0 Å². The minimum atomic E-state index is -0.189. The summed E-state index contributed by atoms with van der Waals surface area (Å²) in [5, 5.41) is 0. The van der Waals surface area contributed by atoms with Gasteiger partial charge < -0.3 is 0 Å². The summed E-state index contributed by atoms with van der Waals surface area (Å²) < 4.78 is 0. The third kappa shape index (κ3) is 3.48. The molecule has 0 aliphatic carbocycles. The summed E-state index contributed by atoms with van der Waals surface area (Å²) in [6.45, 7) is 0. The number of pyridine rings is 1. The van der Waals surface area contributed by atoms with Crippen molar-refractivity contribution in [2.24, 2.45) is 0 Å². The van der Waals surface area contributed by atoms with E-state index in [-0.39, 0.29) is 5.91 Å². The van der Waals surface area contributed by atoms with E-state index in [9.17, 15) is 4.79 Å². The van der Waals surface area contributed by atoms with E-state index in [2.05, 4.69) is 15.8 Å². The molecule has 4 nitrogen and oxygen atoms in total. The van der Waals surface area contributed by atoms with Gasteiger partial charge in [0.2, 0.25) is 0 Å². The van der Waals surface area contributed by atoms with Crippen molar-refractivity contribution in [1.82, 2.24) is 15.8 Å². The molecule has 1 heterocycles. The Kier molecular flexibility index (Phi) is 3.66. The second-order valence-electron chi connectivity index (χ2n) is 2.36. The van der Waals surface area contributed by atoms with Crippen molar-refractivity contribution in [3.8, 4) is 0 Å². The Morgan fingerprint density at radius 1 is 1.62 bits per heavy atom. The molecule has 0 radical (unpaired) electrons. The summed E-state index contributed by atoms with van der Waals surface area (Å²) in [6, 6.07) is 3.69. The van der Waals surface area contributed by atoms with Crippen LogP contribution in [0.3, 0.4) is 0 Å². The zero-order chi connectivity index (χ0) is 9.52. The minimum absolute atomic E-state index is 0.189. The molecule has 0 aliphatic rings. The van der Waals surface area contributed by atoms with Crippen LogP contribution < -0.4 is 10.9 Å². The minimum Gasteiger partial charge on any atom is -0.288 e. The molecule has 0 atom stereocenters. The van der Waals surface area contributed by atoms with E-state index in [0.717, 1.165) is 5.56 Å². The summed E-state index contributed by atoms with van der Waals surface area (Å²) in [5.74, 6) is -0.189. The zero-order valence-corrected chi connectivity index (χ0v) is 7.32. The molecule has 13 heavy (non-hydrogen) atoms. The zero-order valence-electron chi connectivity index (χ0n) is 7.32. The maximum absolute atomic E-state index is 10.9. The maximum atomic E-state index is 10.9. The van der Waals surface area contributed by atoms with Crippen molar-refractivity contribution in [2.75, 3.05) is 7.05 Å². The second-order valence-corrected chi connectivity index (χ2v) is 2.36. The molecule has 0 aliphatic heterocycles. The summed E-state index contributed by atoms with van der Waals surface area (Å²) in [4.78, 5) is 14.8. The van der Waals surface area contributed by atoms with Gasteiger partial charge in [-0.05, 0) is 17.7 Å². The van der Waals surface area contributed by atoms with Crippen molar-refractivity contribution < 1.29 is 4.79 Å². The lowest BCUT2D eigenvalue weighted by Crippen LogP contribution is -2.32. The van der Waals surface area contributed by atoms with Gasteiger partial charge in [0.25, 0.3) is 5.91 Å². The molecule has 0 saturated heterocycles. The standard InChI is InChI=1S/C9H11N3O/c1-10-12-9(13)5-4-8-3-2-6-11-7-8/h2-7,10H,1H3,(H,12,13). The van der Waals surface area contributed by atoms with E-state index < -0.39 is 0 Å². The van der Waals surface area contributed by atoms with Crippen LogP contribution in [0, 0.1) is 0 Å². The van der Waals surface area contributed by atoms with E-state index in [4.69, 9.17) is 0 Å². The molecule has 0 unspecified atom stereocenters. The molecule has 4 heteroatoms. The normalized spacial score (nSPS) is 10.2. The van der Waals surface area contributed by atoms with Crippen LogP contribution in [0.15, 0.2) is 30.6 Å². The molecule has 0 bridgehead atoms. The smallest absolute Gasteiger partial charge is 0.258 e. The van der Waals surface area contributed by atoms with Crippen LogP contribution in [0.25, 0.3) is 6.08 Å². The molecule has 68 valence electrons. The summed E-state index contributed by atoms with van der Waals surface area (Å²) in [5.41, 5.74) is 5.85. The number of rotatable bonds is 3. The van der Waals surface area contributed by atoms with Gasteiger partial charge in [-0.3, -0.25) is 15.2 Å². The summed E-state index contributed by atoms with van der Waals surface area (Å²) in [6.07, 6.45) is 6.50. The van der Waals surface area contributed by atoms with Crippen LogP contribution in [-0.2, 0) is 4.79 Å². The Labute approximate surface area is 76.7 Å². The number of hydrazine groups is 1. The van der Waals surface area contributed by atoms with Gasteiger partial charge in [-0.15, -0.1) is 0 Å². The molecule has 0 fully saturated rings. The fraction of sp³-hybridized carbons (Fsp3) is 0.111. The van der Waals surface area contributed by atoms with Crippen LogP contribution in [0.5, 0.6) is 0 Å². The third-order valence-corrected chi connectivity index (χ3v) is 1.36. The lowest BCUT2D eigenvalue weighted by atomic mass is 10.2. The molecule has 1 aromatic heterocycles. The predicted molar refractivity (Wildman–Crippen MR) is 50.5 cm³/mol. The van der Waals surface area contributed by atoms with E-state index in [1.165, 1.54) is 6.08 Å². The monoisotopic (exact) mass is 177 g/mol. The SMILES string of the molecule is CNNC(=O)C=Cc1cccnc1. The molecule has 1 amide bonds. The molecule has 2 N–H and O–H groups in total. The van der Waals surface area contributed by atoms with Crippen molar-refractivity contribution in [1.29, 1.82) is 0 Å². The van der Waals surface area contributed by atoms with Gasteiger partial charge in [-0.2, -0.15) is 0 Å². The fourth-order valence-corrected chi connectivity index (χ4v) is 0.811. The molecule has 0 aromatic carbocycles. The second kappa shape index (κ2) is 5.05. The number of nitrogens with zero attached hydrogens (tertiary/aromatic N) is 1. The quantitative estimate of drug-likeness (QED) is 0.517. The van der Waals surface area contributed by atoms with Crippen molar-refractivity contribution in [3.63, 3.8) is 0 Å². The first kappa shape index (κ1) is 9.41. The summed E-state index contributed by atoms with van der Waals surface area (Å²) in [7, 11) is 1.63. The average molecular weight is 177 g/mol. The molecule has 1 rings (SSSR count). The number of nitrogens with one attached hydrogen (secondary N) is 2. The van der Waals surface area contributed by atoms with Crippen molar-refractivity contribution >= 4 is 12.0 Å². The molecule has 0 saturated carbocycles. The van der Waals surface area contributed by atoms with Crippen LogP contribution in [-0.4, -0.2) is 17.9 Å². The first-order chi connectivity index (χ1) is 6.33. The molecular formula is C9H11N3O. The number of carbonyl (C=O) groups is 1. The molecule has 1 aromatic rings. The Balaban J connectivity index is 2.54. The van der Waals surface area contributed by atoms with Crippen LogP contribution in [0.4, 0.5) is 0 Å². The number of hydrogen-bond donors (Lipinski definition) is 2. The number of hydrogen-bond acceptors (Lipinski definition) is 3. The molecule has 0 spiro atoms. The number of amides is 1. The van der Waals surface area contributed by atoms with Crippen molar-refractivity contribution in [2.45, 2.75) is 0 Å². The van der Waals surface area contributed by atoms with E-state index in [1.54, 1.807) is 25.5 Å². The fourth-order valence-electron chi connectivity index (χ4n) is 0.811. The van der Waals surface area contributed by atoms with Gasteiger partial charge in [0, 0.05) is 25.5 Å². The van der Waals surface area contributed by atoms with Gasteiger partial charge in [-0.1, -0.05) is 6.07 Å². The van der Waals surface area contributed by atoms with Crippen LogP contribution >= 0.6 is 0 Å². The Morgan fingerprint density at radius 3 is 3.08 bits per heavy atom. The highest BCUT2D eigenvalue weighted by molar-refractivity contribution is 5.91. The van der Waals surface area contributed by atoms with Crippen molar-refractivity contribution in [3.05, 3.63) is 36.2 Å². The highest BCUT2D eigenvalue weighted by Crippen LogP contribution is 1.97. The van der Waals surface area contributed by atoms with Gasteiger partial charge in [0.15, 0.2) is 0 Å².